The molecule has 0 aromatic carbocycles. The molecule has 8 heteroatoms. The number of nitrogens with zero attached hydrogens (tertiary/aromatic N) is 5. The first-order valence-corrected chi connectivity index (χ1v) is 7.45. The van der Waals surface area contributed by atoms with Crippen molar-refractivity contribution in [2.75, 3.05) is 13.6 Å². The molecule has 2 aromatic heterocycles. The average Bonchev–Trinajstić information content (AvgIpc) is 3.24. The Labute approximate surface area is 133 Å². The Balaban J connectivity index is 1.97. The van der Waals surface area contributed by atoms with E-state index in [0.717, 1.165) is 6.42 Å². The summed E-state index contributed by atoms with van der Waals surface area (Å²) in [5.74, 6) is -0.412. The molecule has 2 aromatic rings. The molecule has 1 atom stereocenters. The van der Waals surface area contributed by atoms with Gasteiger partial charge in [-0.15, -0.1) is 0 Å². The molecule has 0 unspecified atom stereocenters. The second kappa shape index (κ2) is 6.15. The minimum atomic E-state index is -1.10. The number of aromatic nitrogens is 4. The topological polar surface area (TPSA) is 93.0 Å². The van der Waals surface area contributed by atoms with E-state index in [4.69, 9.17) is 0 Å². The second-order valence-electron chi connectivity index (χ2n) is 5.38. The van der Waals surface area contributed by atoms with Gasteiger partial charge in [-0.3, -0.25) is 24.2 Å². The lowest BCUT2D eigenvalue weighted by Crippen LogP contribution is -2.55. The van der Waals surface area contributed by atoms with Crippen molar-refractivity contribution in [2.45, 2.75) is 24.9 Å². The predicted octanol–water partition coefficient (Wildman–Crippen LogP) is -0.0630. The first kappa shape index (κ1) is 15.1. The Hall–Kier alpha value is -2.77. The number of rotatable bonds is 4. The van der Waals surface area contributed by atoms with Crippen molar-refractivity contribution in [3.05, 3.63) is 42.7 Å². The van der Waals surface area contributed by atoms with Crippen molar-refractivity contribution in [3.63, 3.8) is 0 Å². The minimum Gasteiger partial charge on any atom is -0.357 e. The van der Waals surface area contributed by atoms with Crippen LogP contribution in [0, 0.1) is 0 Å². The molecule has 1 fully saturated rings. The molecular weight excluding hydrogens is 296 g/mol. The van der Waals surface area contributed by atoms with Gasteiger partial charge in [0.1, 0.15) is 6.54 Å². The van der Waals surface area contributed by atoms with Crippen molar-refractivity contribution in [1.29, 1.82) is 0 Å². The molecule has 120 valence electrons. The summed E-state index contributed by atoms with van der Waals surface area (Å²) in [7, 11) is 1.56. The van der Waals surface area contributed by atoms with Crippen molar-refractivity contribution in [3.8, 4) is 0 Å². The van der Waals surface area contributed by atoms with E-state index in [9.17, 15) is 9.59 Å². The molecule has 3 rings (SSSR count). The molecule has 23 heavy (non-hydrogen) atoms. The maximum atomic E-state index is 12.8. The standard InChI is InChI=1S/C15H18N6O2/c1-16-14(23)15(12-10-17-6-7-18-12)4-2-9-21(15)13(22)11-20-8-3-5-19-20/h3,5-8,10H,2,4,9,11H2,1H3,(H,16,23)/t15-/m1/s1. The molecule has 0 spiro atoms. The number of hydrogen-bond acceptors (Lipinski definition) is 5. The summed E-state index contributed by atoms with van der Waals surface area (Å²) in [6, 6.07) is 1.76. The molecule has 2 amide bonds. The van der Waals surface area contributed by atoms with Crippen molar-refractivity contribution in [2.24, 2.45) is 0 Å². The van der Waals surface area contributed by atoms with Gasteiger partial charge in [-0.1, -0.05) is 0 Å². The normalized spacial score (nSPS) is 20.5. The van der Waals surface area contributed by atoms with Gasteiger partial charge in [-0.05, 0) is 18.9 Å². The highest BCUT2D eigenvalue weighted by atomic mass is 16.2. The monoisotopic (exact) mass is 314 g/mol. The Morgan fingerprint density at radius 1 is 1.35 bits per heavy atom. The molecule has 0 saturated carbocycles. The number of hydrogen-bond donors (Lipinski definition) is 1. The largest absolute Gasteiger partial charge is 0.357 e. The van der Waals surface area contributed by atoms with Crippen LogP contribution in [0.3, 0.4) is 0 Å². The summed E-state index contributed by atoms with van der Waals surface area (Å²) in [5.41, 5.74) is -0.613. The van der Waals surface area contributed by atoms with E-state index in [1.165, 1.54) is 6.20 Å². The maximum absolute atomic E-state index is 12.8. The molecule has 3 heterocycles. The van der Waals surface area contributed by atoms with Gasteiger partial charge in [0.05, 0.1) is 11.9 Å². The number of likely N-dealkylation sites (N-methyl/N-ethyl adjacent to an activating group) is 1. The molecule has 1 aliphatic heterocycles. The van der Waals surface area contributed by atoms with E-state index in [1.807, 2.05) is 0 Å². The minimum absolute atomic E-state index is 0.0893. The number of carbonyl (C=O) groups is 2. The molecule has 0 aliphatic carbocycles. The fourth-order valence-electron chi connectivity index (χ4n) is 3.11. The van der Waals surface area contributed by atoms with E-state index >= 15 is 0 Å². The van der Waals surface area contributed by atoms with Gasteiger partial charge in [-0.25, -0.2) is 0 Å². The number of nitrogens with one attached hydrogen (secondary N) is 1. The smallest absolute Gasteiger partial charge is 0.252 e. The fraction of sp³-hybridized carbons (Fsp3) is 0.400. The predicted molar refractivity (Wildman–Crippen MR) is 81.0 cm³/mol. The van der Waals surface area contributed by atoms with Gasteiger partial charge in [0.2, 0.25) is 5.91 Å². The SMILES string of the molecule is CNC(=O)[C@]1(c2cnccn2)CCCN1C(=O)Cn1cccn1. The van der Waals surface area contributed by atoms with Gasteiger partial charge in [0, 0.05) is 38.4 Å². The summed E-state index contributed by atoms with van der Waals surface area (Å²) in [4.78, 5) is 35.4. The third-order valence-corrected chi connectivity index (χ3v) is 4.13. The second-order valence-corrected chi connectivity index (χ2v) is 5.38. The van der Waals surface area contributed by atoms with E-state index in [-0.39, 0.29) is 18.4 Å². The average molecular weight is 314 g/mol. The zero-order chi connectivity index (χ0) is 16.3. The Morgan fingerprint density at radius 3 is 2.87 bits per heavy atom. The molecule has 1 saturated heterocycles. The lowest BCUT2D eigenvalue weighted by Gasteiger charge is -2.36. The van der Waals surface area contributed by atoms with Crippen LogP contribution in [0.5, 0.6) is 0 Å². The molecule has 1 N–H and O–H groups in total. The third kappa shape index (κ3) is 2.56. The van der Waals surface area contributed by atoms with Gasteiger partial charge >= 0.3 is 0 Å². The summed E-state index contributed by atoms with van der Waals surface area (Å²) >= 11 is 0. The van der Waals surface area contributed by atoms with Crippen molar-refractivity contribution < 1.29 is 9.59 Å². The van der Waals surface area contributed by atoms with Crippen LogP contribution in [0.2, 0.25) is 0 Å². The lowest BCUT2D eigenvalue weighted by molar-refractivity contribution is -0.146. The molecule has 0 bridgehead atoms. The summed E-state index contributed by atoms with van der Waals surface area (Å²) in [6.45, 7) is 0.593. The van der Waals surface area contributed by atoms with Crippen LogP contribution in [-0.2, 0) is 21.7 Å². The molecule has 1 aliphatic rings. The van der Waals surface area contributed by atoms with Gasteiger partial charge in [-0.2, -0.15) is 5.10 Å². The van der Waals surface area contributed by atoms with Crippen LogP contribution in [0.1, 0.15) is 18.5 Å². The first-order valence-electron chi connectivity index (χ1n) is 7.45. The molecular formula is C15H18N6O2. The Kier molecular flexibility index (Phi) is 4.05. The van der Waals surface area contributed by atoms with Crippen LogP contribution in [0.15, 0.2) is 37.1 Å². The third-order valence-electron chi connectivity index (χ3n) is 4.13. The summed E-state index contributed by atoms with van der Waals surface area (Å²) in [5, 5.41) is 6.72. The van der Waals surface area contributed by atoms with E-state index in [1.54, 1.807) is 47.5 Å². The zero-order valence-electron chi connectivity index (χ0n) is 12.8. The highest BCUT2D eigenvalue weighted by Crippen LogP contribution is 2.38. The van der Waals surface area contributed by atoms with Gasteiger partial charge in [0.15, 0.2) is 5.54 Å². The van der Waals surface area contributed by atoms with Crippen molar-refractivity contribution in [1.82, 2.24) is 30.0 Å². The lowest BCUT2D eigenvalue weighted by atomic mass is 9.90. The Bertz CT molecular complexity index is 687. The number of amides is 2. The summed E-state index contributed by atoms with van der Waals surface area (Å²) in [6.07, 6.45) is 9.23. The van der Waals surface area contributed by atoms with Crippen LogP contribution in [0.4, 0.5) is 0 Å². The molecule has 8 nitrogen and oxygen atoms in total. The van der Waals surface area contributed by atoms with E-state index in [2.05, 4.69) is 20.4 Å². The van der Waals surface area contributed by atoms with E-state index in [0.29, 0.717) is 18.7 Å². The zero-order valence-corrected chi connectivity index (χ0v) is 12.8. The highest BCUT2D eigenvalue weighted by molar-refractivity contribution is 5.92. The van der Waals surface area contributed by atoms with Crippen LogP contribution >= 0.6 is 0 Å². The highest BCUT2D eigenvalue weighted by Gasteiger charge is 2.51. The first-order chi connectivity index (χ1) is 11.2. The summed E-state index contributed by atoms with van der Waals surface area (Å²) < 4.78 is 1.55. The van der Waals surface area contributed by atoms with Crippen LogP contribution in [0.25, 0.3) is 0 Å². The van der Waals surface area contributed by atoms with Crippen molar-refractivity contribution >= 4 is 11.8 Å². The Morgan fingerprint density at radius 2 is 2.22 bits per heavy atom. The molecule has 0 radical (unpaired) electrons. The number of likely N-dealkylation sites (tertiary alicyclic amines) is 1. The van der Waals surface area contributed by atoms with E-state index < -0.39 is 5.54 Å². The fourth-order valence-corrected chi connectivity index (χ4v) is 3.11. The number of carbonyl (C=O) groups excluding carboxylic acids is 2. The van der Waals surface area contributed by atoms with Gasteiger partial charge < -0.3 is 10.2 Å². The van der Waals surface area contributed by atoms with Crippen LogP contribution in [-0.4, -0.2) is 50.1 Å². The van der Waals surface area contributed by atoms with Crippen LogP contribution < -0.4 is 5.32 Å². The maximum Gasteiger partial charge on any atom is 0.252 e. The van der Waals surface area contributed by atoms with Gasteiger partial charge in [0.25, 0.3) is 5.91 Å². The quantitative estimate of drug-likeness (QED) is 0.853.